The maximum Gasteiger partial charge on any atom is 0.130 e. The maximum atomic E-state index is 4.66. The molecule has 3 nitrogen and oxygen atoms in total. The Morgan fingerprint density at radius 3 is 2.75 bits per heavy atom. The molecule has 0 saturated heterocycles. The van der Waals surface area contributed by atoms with E-state index in [-0.39, 0.29) is 0 Å². The van der Waals surface area contributed by atoms with Crippen LogP contribution in [0, 0.1) is 0 Å². The van der Waals surface area contributed by atoms with Crippen molar-refractivity contribution in [3.8, 4) is 0 Å². The van der Waals surface area contributed by atoms with Gasteiger partial charge >= 0.3 is 0 Å². The highest BCUT2D eigenvalue weighted by atomic mass is 14.9. The molecule has 1 saturated carbocycles. The first-order valence-electron chi connectivity index (χ1n) is 6.34. The van der Waals surface area contributed by atoms with Crippen molar-refractivity contribution in [3.05, 3.63) is 23.3 Å². The molecule has 1 aromatic heterocycles. The summed E-state index contributed by atoms with van der Waals surface area (Å²) in [5.41, 5.74) is 2.51. The maximum absolute atomic E-state index is 4.66. The van der Waals surface area contributed by atoms with Gasteiger partial charge in [-0.15, -0.1) is 0 Å². The van der Waals surface area contributed by atoms with E-state index in [4.69, 9.17) is 0 Å². The fourth-order valence-corrected chi connectivity index (χ4v) is 1.90. The molecule has 3 heteroatoms. The molecule has 1 aliphatic carbocycles. The van der Waals surface area contributed by atoms with Crippen molar-refractivity contribution in [2.24, 2.45) is 0 Å². The first-order valence-corrected chi connectivity index (χ1v) is 6.34. The second kappa shape index (κ2) is 5.39. The third kappa shape index (κ3) is 3.01. The van der Waals surface area contributed by atoms with Gasteiger partial charge in [-0.25, -0.2) is 9.97 Å². The Labute approximate surface area is 97.7 Å². The van der Waals surface area contributed by atoms with E-state index in [1.165, 1.54) is 24.2 Å². The molecule has 1 aliphatic rings. The minimum Gasteiger partial charge on any atom is -0.319 e. The van der Waals surface area contributed by atoms with Crippen LogP contribution in [-0.4, -0.2) is 23.6 Å². The molecule has 0 spiro atoms. The predicted molar refractivity (Wildman–Crippen MR) is 65.6 cm³/mol. The minimum atomic E-state index is 0.729. The number of likely N-dealkylation sites (N-methyl/N-ethyl adjacent to an activating group) is 1. The number of nitrogens with zero attached hydrogens (tertiary/aromatic N) is 2. The van der Waals surface area contributed by atoms with Crippen LogP contribution in [0.25, 0.3) is 0 Å². The number of aromatic nitrogens is 2. The highest BCUT2D eigenvalue weighted by Crippen LogP contribution is 2.39. The number of rotatable bonds is 6. The smallest absolute Gasteiger partial charge is 0.130 e. The molecule has 0 unspecified atom stereocenters. The van der Waals surface area contributed by atoms with E-state index in [1.807, 2.05) is 7.05 Å². The molecule has 16 heavy (non-hydrogen) atoms. The number of nitrogens with one attached hydrogen (secondary N) is 1. The van der Waals surface area contributed by atoms with Crippen molar-refractivity contribution >= 4 is 0 Å². The van der Waals surface area contributed by atoms with Crippen molar-refractivity contribution in [3.63, 3.8) is 0 Å². The second-order valence-electron chi connectivity index (χ2n) is 4.58. The first kappa shape index (κ1) is 11.5. The summed E-state index contributed by atoms with van der Waals surface area (Å²) in [4.78, 5) is 9.28. The zero-order valence-electron chi connectivity index (χ0n) is 10.3. The van der Waals surface area contributed by atoms with Crippen LogP contribution in [0.3, 0.4) is 0 Å². The summed E-state index contributed by atoms with van der Waals surface area (Å²) in [5.74, 6) is 1.74. The van der Waals surface area contributed by atoms with Crippen LogP contribution in [0.5, 0.6) is 0 Å². The molecule has 0 aliphatic heterocycles. The summed E-state index contributed by atoms with van der Waals surface area (Å²) in [6.45, 7) is 3.16. The Balaban J connectivity index is 2.14. The minimum absolute atomic E-state index is 0.729. The van der Waals surface area contributed by atoms with E-state index in [0.29, 0.717) is 0 Å². The fourth-order valence-electron chi connectivity index (χ4n) is 1.90. The van der Waals surface area contributed by atoms with E-state index in [2.05, 4.69) is 28.3 Å². The van der Waals surface area contributed by atoms with Crippen LogP contribution in [0.1, 0.15) is 49.3 Å². The molecule has 0 atom stereocenters. The molecule has 1 heterocycles. The summed E-state index contributed by atoms with van der Waals surface area (Å²) in [7, 11) is 1.97. The van der Waals surface area contributed by atoms with Crippen LogP contribution < -0.4 is 5.32 Å². The highest BCUT2D eigenvalue weighted by Gasteiger charge is 2.25. The second-order valence-corrected chi connectivity index (χ2v) is 4.58. The van der Waals surface area contributed by atoms with Gasteiger partial charge in [-0.2, -0.15) is 0 Å². The average Bonchev–Trinajstić information content (AvgIpc) is 3.10. The van der Waals surface area contributed by atoms with Gasteiger partial charge < -0.3 is 5.32 Å². The van der Waals surface area contributed by atoms with Crippen molar-refractivity contribution in [2.75, 3.05) is 13.6 Å². The van der Waals surface area contributed by atoms with E-state index < -0.39 is 0 Å². The first-order chi connectivity index (χ1) is 7.83. The SMILES string of the molecule is CCCc1cc(C2CC2)nc(CCNC)n1. The number of hydrogen-bond donors (Lipinski definition) is 1. The van der Waals surface area contributed by atoms with Gasteiger partial charge in [0, 0.05) is 30.3 Å². The summed E-state index contributed by atoms with van der Waals surface area (Å²) < 4.78 is 0. The standard InChI is InChI=1S/C13H21N3/c1-3-4-11-9-12(10-5-6-10)16-13(15-11)7-8-14-2/h9-10,14H,3-8H2,1-2H3. The molecule has 0 bridgehead atoms. The molecular formula is C13H21N3. The zero-order valence-corrected chi connectivity index (χ0v) is 10.3. The molecule has 1 N–H and O–H groups in total. The van der Waals surface area contributed by atoms with Crippen LogP contribution in [-0.2, 0) is 12.8 Å². The highest BCUT2D eigenvalue weighted by molar-refractivity contribution is 5.19. The van der Waals surface area contributed by atoms with E-state index in [0.717, 1.165) is 37.5 Å². The van der Waals surface area contributed by atoms with Crippen LogP contribution >= 0.6 is 0 Å². The largest absolute Gasteiger partial charge is 0.319 e. The lowest BCUT2D eigenvalue weighted by Gasteiger charge is -2.06. The number of hydrogen-bond acceptors (Lipinski definition) is 3. The van der Waals surface area contributed by atoms with Gasteiger partial charge in [-0.1, -0.05) is 13.3 Å². The summed E-state index contributed by atoms with van der Waals surface area (Å²) >= 11 is 0. The van der Waals surface area contributed by atoms with Crippen LogP contribution in [0.2, 0.25) is 0 Å². The zero-order chi connectivity index (χ0) is 11.4. The fraction of sp³-hybridized carbons (Fsp3) is 0.692. The van der Waals surface area contributed by atoms with Gasteiger partial charge in [-0.3, -0.25) is 0 Å². The third-order valence-electron chi connectivity index (χ3n) is 2.95. The molecule has 0 radical (unpaired) electrons. The van der Waals surface area contributed by atoms with Gasteiger partial charge in [0.1, 0.15) is 5.82 Å². The molecule has 2 rings (SSSR count). The topological polar surface area (TPSA) is 37.8 Å². The molecular weight excluding hydrogens is 198 g/mol. The monoisotopic (exact) mass is 219 g/mol. The van der Waals surface area contributed by atoms with Crippen molar-refractivity contribution in [1.29, 1.82) is 0 Å². The summed E-state index contributed by atoms with van der Waals surface area (Å²) in [6.07, 6.45) is 5.80. The van der Waals surface area contributed by atoms with Crippen molar-refractivity contribution < 1.29 is 0 Å². The van der Waals surface area contributed by atoms with Crippen LogP contribution in [0.15, 0.2) is 6.07 Å². The summed E-state index contributed by atoms with van der Waals surface area (Å²) in [6, 6.07) is 2.21. The lowest BCUT2D eigenvalue weighted by atomic mass is 10.2. The summed E-state index contributed by atoms with van der Waals surface area (Å²) in [5, 5.41) is 3.15. The quantitative estimate of drug-likeness (QED) is 0.796. The lowest BCUT2D eigenvalue weighted by molar-refractivity contribution is 0.731. The van der Waals surface area contributed by atoms with Gasteiger partial charge in [0.05, 0.1) is 0 Å². The van der Waals surface area contributed by atoms with E-state index in [9.17, 15) is 0 Å². The lowest BCUT2D eigenvalue weighted by Crippen LogP contribution is -2.13. The Bertz CT molecular complexity index is 345. The Morgan fingerprint density at radius 1 is 1.31 bits per heavy atom. The number of aryl methyl sites for hydroxylation is 1. The van der Waals surface area contributed by atoms with E-state index in [1.54, 1.807) is 0 Å². The van der Waals surface area contributed by atoms with Crippen molar-refractivity contribution in [2.45, 2.75) is 44.9 Å². The van der Waals surface area contributed by atoms with E-state index >= 15 is 0 Å². The Morgan fingerprint density at radius 2 is 2.12 bits per heavy atom. The normalized spacial score (nSPS) is 15.4. The molecule has 0 amide bonds. The Kier molecular flexibility index (Phi) is 3.88. The Hall–Kier alpha value is -0.960. The van der Waals surface area contributed by atoms with Gasteiger partial charge in [0.25, 0.3) is 0 Å². The molecule has 88 valence electrons. The molecule has 1 aromatic rings. The van der Waals surface area contributed by atoms with Crippen molar-refractivity contribution in [1.82, 2.24) is 15.3 Å². The van der Waals surface area contributed by atoms with Gasteiger partial charge in [0.2, 0.25) is 0 Å². The predicted octanol–water partition coefficient (Wildman–Crippen LogP) is 2.07. The van der Waals surface area contributed by atoms with Crippen LogP contribution in [0.4, 0.5) is 0 Å². The van der Waals surface area contributed by atoms with Gasteiger partial charge in [0.15, 0.2) is 0 Å². The third-order valence-corrected chi connectivity index (χ3v) is 2.95. The van der Waals surface area contributed by atoms with Gasteiger partial charge in [-0.05, 0) is 32.4 Å². The molecule has 0 aromatic carbocycles. The molecule has 1 fully saturated rings. The average molecular weight is 219 g/mol.